The zero-order chi connectivity index (χ0) is 11.8. The van der Waals surface area contributed by atoms with E-state index in [9.17, 15) is 8.78 Å². The molecule has 2 rings (SSSR count). The summed E-state index contributed by atoms with van der Waals surface area (Å²) >= 11 is 0. The number of rotatable bonds is 3. The number of hydrogen-bond acceptors (Lipinski definition) is 1. The smallest absolute Gasteiger partial charge is 0.132 e. The molecule has 0 aliphatic heterocycles. The van der Waals surface area contributed by atoms with Crippen LogP contribution in [0.15, 0.2) is 12.1 Å². The summed E-state index contributed by atoms with van der Waals surface area (Å²) in [6.45, 7) is 2.15. The Morgan fingerprint density at radius 3 is 2.50 bits per heavy atom. The lowest BCUT2D eigenvalue weighted by Crippen LogP contribution is -2.38. The van der Waals surface area contributed by atoms with Gasteiger partial charge in [0.05, 0.1) is 0 Å². The van der Waals surface area contributed by atoms with Gasteiger partial charge in [0.25, 0.3) is 0 Å². The zero-order valence-electron chi connectivity index (χ0n) is 9.52. The lowest BCUT2D eigenvalue weighted by molar-refractivity contribution is 0.213. The summed E-state index contributed by atoms with van der Waals surface area (Å²) < 4.78 is 27.8. The molecular formula is C13H17F2N. The molecule has 0 bridgehead atoms. The maximum Gasteiger partial charge on any atom is 0.132 e. The number of aryl methyl sites for hydroxylation is 1. The molecule has 0 spiro atoms. The van der Waals surface area contributed by atoms with Crippen LogP contribution in [-0.4, -0.2) is 6.54 Å². The molecule has 0 saturated heterocycles. The van der Waals surface area contributed by atoms with Gasteiger partial charge in [0.15, 0.2) is 0 Å². The van der Waals surface area contributed by atoms with E-state index in [1.54, 1.807) is 6.92 Å². The van der Waals surface area contributed by atoms with Crippen molar-refractivity contribution in [3.63, 3.8) is 0 Å². The molecule has 0 aromatic heterocycles. The minimum absolute atomic E-state index is 0.268. The molecule has 2 N–H and O–H groups in total. The number of nitrogens with two attached hydrogens (primary N) is 1. The highest BCUT2D eigenvalue weighted by Crippen LogP contribution is 2.48. The molecule has 0 heterocycles. The molecular weight excluding hydrogens is 208 g/mol. The van der Waals surface area contributed by atoms with Gasteiger partial charge in [0.1, 0.15) is 11.6 Å². The Morgan fingerprint density at radius 2 is 2.00 bits per heavy atom. The summed E-state index contributed by atoms with van der Waals surface area (Å²) in [7, 11) is 0. The summed E-state index contributed by atoms with van der Waals surface area (Å²) in [4.78, 5) is 0. The fourth-order valence-electron chi connectivity index (χ4n) is 2.65. The largest absolute Gasteiger partial charge is 0.330 e. The van der Waals surface area contributed by atoms with Crippen molar-refractivity contribution in [2.75, 3.05) is 6.54 Å². The Bertz CT molecular complexity index is 397. The summed E-state index contributed by atoms with van der Waals surface area (Å²) in [5.74, 6) is -0.801. The van der Waals surface area contributed by atoms with E-state index in [0.717, 1.165) is 19.3 Å². The SMILES string of the molecule is Cc1ccc(F)c(C2(CCN)CCC2)c1F. The van der Waals surface area contributed by atoms with Gasteiger partial charge in [-0.1, -0.05) is 12.5 Å². The van der Waals surface area contributed by atoms with E-state index in [-0.39, 0.29) is 16.8 Å². The van der Waals surface area contributed by atoms with Crippen molar-refractivity contribution in [1.29, 1.82) is 0 Å². The molecule has 1 nitrogen and oxygen atoms in total. The maximum atomic E-state index is 14.0. The van der Waals surface area contributed by atoms with Gasteiger partial charge in [-0.05, 0) is 44.4 Å². The third kappa shape index (κ3) is 1.63. The lowest BCUT2D eigenvalue weighted by atomic mass is 9.62. The van der Waals surface area contributed by atoms with E-state index in [0.29, 0.717) is 18.5 Å². The van der Waals surface area contributed by atoms with Crippen LogP contribution < -0.4 is 5.73 Å². The van der Waals surface area contributed by atoms with Crippen LogP contribution in [0, 0.1) is 18.6 Å². The van der Waals surface area contributed by atoms with Gasteiger partial charge < -0.3 is 5.73 Å². The predicted molar refractivity (Wildman–Crippen MR) is 60.3 cm³/mol. The van der Waals surface area contributed by atoms with Gasteiger partial charge in [0.2, 0.25) is 0 Å². The second-order valence-corrected chi connectivity index (χ2v) is 4.73. The number of hydrogen-bond donors (Lipinski definition) is 1. The second kappa shape index (κ2) is 4.13. The topological polar surface area (TPSA) is 26.0 Å². The molecule has 88 valence electrons. The van der Waals surface area contributed by atoms with Crippen molar-refractivity contribution in [2.45, 2.75) is 38.0 Å². The van der Waals surface area contributed by atoms with E-state index in [1.807, 2.05) is 0 Å². The minimum atomic E-state index is -0.420. The van der Waals surface area contributed by atoms with Crippen LogP contribution in [0.4, 0.5) is 8.78 Å². The van der Waals surface area contributed by atoms with E-state index in [4.69, 9.17) is 5.73 Å². The van der Waals surface area contributed by atoms with E-state index >= 15 is 0 Å². The van der Waals surface area contributed by atoms with Crippen molar-refractivity contribution in [3.05, 3.63) is 34.9 Å². The van der Waals surface area contributed by atoms with Crippen LogP contribution >= 0.6 is 0 Å². The van der Waals surface area contributed by atoms with Gasteiger partial charge in [-0.25, -0.2) is 8.78 Å². The van der Waals surface area contributed by atoms with Crippen molar-refractivity contribution in [2.24, 2.45) is 5.73 Å². The molecule has 3 heteroatoms. The van der Waals surface area contributed by atoms with Crippen LogP contribution in [-0.2, 0) is 5.41 Å². The Hall–Kier alpha value is -0.960. The van der Waals surface area contributed by atoms with Crippen molar-refractivity contribution >= 4 is 0 Å². The normalized spacial score (nSPS) is 18.2. The highest BCUT2D eigenvalue weighted by atomic mass is 19.1. The molecule has 0 atom stereocenters. The van der Waals surface area contributed by atoms with E-state index < -0.39 is 5.82 Å². The Labute approximate surface area is 94.7 Å². The Balaban J connectivity index is 2.49. The highest BCUT2D eigenvalue weighted by Gasteiger charge is 2.42. The van der Waals surface area contributed by atoms with Gasteiger partial charge >= 0.3 is 0 Å². The van der Waals surface area contributed by atoms with Crippen molar-refractivity contribution in [3.8, 4) is 0 Å². The molecule has 0 radical (unpaired) electrons. The molecule has 1 aliphatic carbocycles. The first-order chi connectivity index (χ1) is 7.60. The van der Waals surface area contributed by atoms with Crippen LogP contribution in [0.1, 0.15) is 36.8 Å². The first-order valence-electron chi connectivity index (χ1n) is 5.76. The maximum absolute atomic E-state index is 14.0. The standard InChI is InChI=1S/C13H17F2N/c1-9-3-4-10(14)11(12(9)15)13(7-8-16)5-2-6-13/h3-4H,2,5-8,16H2,1H3. The summed E-state index contributed by atoms with van der Waals surface area (Å²) in [6.07, 6.45) is 3.40. The number of benzene rings is 1. The number of halogens is 2. The Morgan fingerprint density at radius 1 is 1.31 bits per heavy atom. The second-order valence-electron chi connectivity index (χ2n) is 4.73. The minimum Gasteiger partial charge on any atom is -0.330 e. The molecule has 0 amide bonds. The monoisotopic (exact) mass is 225 g/mol. The van der Waals surface area contributed by atoms with Crippen LogP contribution in [0.2, 0.25) is 0 Å². The molecule has 16 heavy (non-hydrogen) atoms. The summed E-state index contributed by atoms with van der Waals surface area (Å²) in [6, 6.07) is 2.85. The molecule has 1 saturated carbocycles. The Kier molecular flexibility index (Phi) is 2.98. The van der Waals surface area contributed by atoms with Gasteiger partial charge in [0, 0.05) is 11.0 Å². The van der Waals surface area contributed by atoms with Gasteiger partial charge in [-0.15, -0.1) is 0 Å². The summed E-state index contributed by atoms with van der Waals surface area (Å²) in [5.41, 5.74) is 6.00. The first kappa shape index (κ1) is 11.5. The van der Waals surface area contributed by atoms with E-state index in [1.165, 1.54) is 12.1 Å². The van der Waals surface area contributed by atoms with Crippen molar-refractivity contribution in [1.82, 2.24) is 0 Å². The molecule has 1 aromatic carbocycles. The molecule has 0 unspecified atom stereocenters. The lowest BCUT2D eigenvalue weighted by Gasteiger charge is -2.42. The first-order valence-corrected chi connectivity index (χ1v) is 5.76. The average Bonchev–Trinajstić information content (AvgIpc) is 2.20. The van der Waals surface area contributed by atoms with Crippen LogP contribution in [0.5, 0.6) is 0 Å². The van der Waals surface area contributed by atoms with Gasteiger partial charge in [-0.3, -0.25) is 0 Å². The fourth-order valence-corrected chi connectivity index (χ4v) is 2.65. The third-order valence-electron chi connectivity index (χ3n) is 3.75. The highest BCUT2D eigenvalue weighted by molar-refractivity contribution is 5.35. The summed E-state index contributed by atoms with van der Waals surface area (Å²) in [5, 5.41) is 0. The third-order valence-corrected chi connectivity index (χ3v) is 3.75. The zero-order valence-corrected chi connectivity index (χ0v) is 9.52. The quantitative estimate of drug-likeness (QED) is 0.840. The molecule has 1 fully saturated rings. The fraction of sp³-hybridized carbons (Fsp3) is 0.538. The molecule has 1 aliphatic rings. The van der Waals surface area contributed by atoms with Gasteiger partial charge in [-0.2, -0.15) is 0 Å². The average molecular weight is 225 g/mol. The van der Waals surface area contributed by atoms with E-state index in [2.05, 4.69) is 0 Å². The molecule has 1 aromatic rings. The predicted octanol–water partition coefficient (Wildman–Crippen LogP) is 3.04. The van der Waals surface area contributed by atoms with Crippen LogP contribution in [0.3, 0.4) is 0 Å². The van der Waals surface area contributed by atoms with Crippen molar-refractivity contribution < 1.29 is 8.78 Å². The van der Waals surface area contributed by atoms with Crippen LogP contribution in [0.25, 0.3) is 0 Å².